The highest BCUT2D eigenvalue weighted by molar-refractivity contribution is 4.88. The Bertz CT molecular complexity index is 261. The molecule has 2 fully saturated rings. The number of hydrogen-bond donors (Lipinski definition) is 1. The molecule has 2 nitrogen and oxygen atoms in total. The molecule has 1 saturated heterocycles. The summed E-state index contributed by atoms with van der Waals surface area (Å²) in [6, 6.07) is 0. The van der Waals surface area contributed by atoms with Crippen molar-refractivity contribution in [2.75, 3.05) is 32.7 Å². The summed E-state index contributed by atoms with van der Waals surface area (Å²) in [5.74, 6) is -1.21. The van der Waals surface area contributed by atoms with Crippen LogP contribution in [0.5, 0.6) is 0 Å². The minimum absolute atomic E-state index is 0.0662. The van der Waals surface area contributed by atoms with Crippen molar-refractivity contribution in [3.05, 3.63) is 0 Å². The zero-order valence-corrected chi connectivity index (χ0v) is 10.3. The first-order chi connectivity index (χ1) is 7.89. The number of hydrogen-bond acceptors (Lipinski definition) is 2. The van der Waals surface area contributed by atoms with Gasteiger partial charge in [-0.3, -0.25) is 0 Å². The molecule has 2 aliphatic rings. The van der Waals surface area contributed by atoms with Crippen molar-refractivity contribution in [1.29, 1.82) is 0 Å². The molecular weight excluding hydrogens is 229 g/mol. The average Bonchev–Trinajstić information content (AvgIpc) is 2.40. The first kappa shape index (κ1) is 13.1. The SMILES string of the molecule is CC1(CN2CCNCC(C(F)(F)F)C2)CCC1. The van der Waals surface area contributed by atoms with Gasteiger partial charge in [0.05, 0.1) is 5.92 Å². The molecule has 0 aromatic rings. The molecule has 0 aromatic carbocycles. The van der Waals surface area contributed by atoms with Crippen LogP contribution in [0.25, 0.3) is 0 Å². The summed E-state index contributed by atoms with van der Waals surface area (Å²) in [6.45, 7) is 4.65. The molecule has 1 aliphatic heterocycles. The minimum atomic E-state index is -4.07. The summed E-state index contributed by atoms with van der Waals surface area (Å²) in [7, 11) is 0. The highest BCUT2D eigenvalue weighted by atomic mass is 19.4. The van der Waals surface area contributed by atoms with E-state index in [1.54, 1.807) is 0 Å². The molecule has 17 heavy (non-hydrogen) atoms. The summed E-state index contributed by atoms with van der Waals surface area (Å²) in [5.41, 5.74) is 0.264. The zero-order chi connectivity index (χ0) is 12.5. The molecule has 0 bridgehead atoms. The van der Waals surface area contributed by atoms with E-state index in [2.05, 4.69) is 12.2 Å². The summed E-state index contributed by atoms with van der Waals surface area (Å²) in [5, 5.41) is 2.89. The van der Waals surface area contributed by atoms with Crippen molar-refractivity contribution < 1.29 is 13.2 Å². The maximum atomic E-state index is 12.8. The number of rotatable bonds is 2. The van der Waals surface area contributed by atoms with Crippen molar-refractivity contribution in [1.82, 2.24) is 10.2 Å². The molecule has 0 amide bonds. The fourth-order valence-corrected chi connectivity index (χ4v) is 2.82. The van der Waals surface area contributed by atoms with Crippen LogP contribution >= 0.6 is 0 Å². The Hall–Kier alpha value is -0.290. The van der Waals surface area contributed by atoms with Crippen molar-refractivity contribution in [2.24, 2.45) is 11.3 Å². The lowest BCUT2D eigenvalue weighted by molar-refractivity contribution is -0.176. The maximum absolute atomic E-state index is 12.8. The average molecular weight is 250 g/mol. The summed E-state index contributed by atoms with van der Waals surface area (Å²) >= 11 is 0. The number of nitrogens with zero attached hydrogens (tertiary/aromatic N) is 1. The first-order valence-electron chi connectivity index (χ1n) is 6.39. The van der Waals surface area contributed by atoms with E-state index in [4.69, 9.17) is 0 Å². The second kappa shape index (κ2) is 4.76. The first-order valence-corrected chi connectivity index (χ1v) is 6.39. The highest BCUT2D eigenvalue weighted by Crippen LogP contribution is 2.41. The molecule has 100 valence electrons. The lowest BCUT2D eigenvalue weighted by Crippen LogP contribution is -2.44. The minimum Gasteiger partial charge on any atom is -0.315 e. The van der Waals surface area contributed by atoms with Gasteiger partial charge in [0.25, 0.3) is 0 Å². The van der Waals surface area contributed by atoms with Gasteiger partial charge in [0, 0.05) is 32.7 Å². The van der Waals surface area contributed by atoms with E-state index in [-0.39, 0.29) is 18.5 Å². The van der Waals surface area contributed by atoms with Gasteiger partial charge in [-0.25, -0.2) is 0 Å². The third kappa shape index (κ3) is 3.35. The predicted octanol–water partition coefficient (Wildman–Crippen LogP) is 2.26. The largest absolute Gasteiger partial charge is 0.394 e. The van der Waals surface area contributed by atoms with Crippen LogP contribution in [0.3, 0.4) is 0 Å². The van der Waals surface area contributed by atoms with Gasteiger partial charge < -0.3 is 10.2 Å². The Morgan fingerprint density at radius 3 is 2.59 bits per heavy atom. The molecule has 1 heterocycles. The fraction of sp³-hybridized carbons (Fsp3) is 1.00. The molecular formula is C12H21F3N2. The van der Waals surface area contributed by atoms with E-state index in [9.17, 15) is 13.2 Å². The molecule has 1 saturated carbocycles. The van der Waals surface area contributed by atoms with Crippen molar-refractivity contribution in [2.45, 2.75) is 32.4 Å². The Morgan fingerprint density at radius 1 is 1.35 bits per heavy atom. The molecule has 1 atom stereocenters. The molecule has 5 heteroatoms. The third-order valence-corrected chi connectivity index (χ3v) is 4.10. The summed E-state index contributed by atoms with van der Waals surface area (Å²) in [6.07, 6.45) is -0.525. The van der Waals surface area contributed by atoms with Crippen LogP contribution in [-0.4, -0.2) is 43.8 Å². The highest BCUT2D eigenvalue weighted by Gasteiger charge is 2.42. The van der Waals surface area contributed by atoms with Crippen molar-refractivity contribution >= 4 is 0 Å². The zero-order valence-electron chi connectivity index (χ0n) is 10.3. The van der Waals surface area contributed by atoms with Crippen LogP contribution in [0.15, 0.2) is 0 Å². The quantitative estimate of drug-likeness (QED) is 0.808. The summed E-state index contributed by atoms with van der Waals surface area (Å²) < 4.78 is 38.3. The van der Waals surface area contributed by atoms with Gasteiger partial charge in [0.15, 0.2) is 0 Å². The second-order valence-electron chi connectivity index (χ2n) is 5.84. The topological polar surface area (TPSA) is 15.3 Å². The Morgan fingerprint density at radius 2 is 2.06 bits per heavy atom. The number of nitrogens with one attached hydrogen (secondary N) is 1. The fourth-order valence-electron chi connectivity index (χ4n) is 2.82. The van der Waals surface area contributed by atoms with Crippen LogP contribution < -0.4 is 5.32 Å². The Kier molecular flexibility index (Phi) is 3.69. The third-order valence-electron chi connectivity index (χ3n) is 4.10. The van der Waals surface area contributed by atoms with Gasteiger partial charge in [-0.2, -0.15) is 13.2 Å². The number of halogens is 3. The van der Waals surface area contributed by atoms with E-state index >= 15 is 0 Å². The standard InChI is InChI=1S/C12H21F3N2/c1-11(3-2-4-11)9-17-6-5-16-7-10(8-17)12(13,14)15/h10,16H,2-9H2,1H3. The van der Waals surface area contributed by atoms with Gasteiger partial charge in [0.1, 0.15) is 0 Å². The van der Waals surface area contributed by atoms with Gasteiger partial charge in [0.2, 0.25) is 0 Å². The molecule has 0 radical (unpaired) electrons. The molecule has 1 aliphatic carbocycles. The summed E-state index contributed by atoms with van der Waals surface area (Å²) in [4.78, 5) is 2.00. The normalized spacial score (nSPS) is 30.7. The molecule has 0 spiro atoms. The van der Waals surface area contributed by atoms with Crippen LogP contribution in [0.1, 0.15) is 26.2 Å². The predicted molar refractivity (Wildman–Crippen MR) is 60.8 cm³/mol. The van der Waals surface area contributed by atoms with Crippen LogP contribution in [0.4, 0.5) is 13.2 Å². The van der Waals surface area contributed by atoms with Crippen LogP contribution in [0, 0.1) is 11.3 Å². The Labute approximate surface area is 101 Å². The van der Waals surface area contributed by atoms with Crippen molar-refractivity contribution in [3.63, 3.8) is 0 Å². The molecule has 1 unspecified atom stereocenters. The van der Waals surface area contributed by atoms with E-state index in [0.717, 1.165) is 25.9 Å². The molecule has 0 aromatic heterocycles. The monoisotopic (exact) mass is 250 g/mol. The van der Waals surface area contributed by atoms with Gasteiger partial charge in [-0.1, -0.05) is 13.3 Å². The van der Waals surface area contributed by atoms with Crippen LogP contribution in [0.2, 0.25) is 0 Å². The second-order valence-corrected chi connectivity index (χ2v) is 5.84. The van der Waals surface area contributed by atoms with Crippen molar-refractivity contribution in [3.8, 4) is 0 Å². The molecule has 2 rings (SSSR count). The van der Waals surface area contributed by atoms with E-state index < -0.39 is 12.1 Å². The van der Waals surface area contributed by atoms with E-state index in [1.165, 1.54) is 6.42 Å². The number of alkyl halides is 3. The Balaban J connectivity index is 1.92. The van der Waals surface area contributed by atoms with E-state index in [1.807, 2.05) is 4.90 Å². The van der Waals surface area contributed by atoms with Crippen LogP contribution in [-0.2, 0) is 0 Å². The lowest BCUT2D eigenvalue weighted by Gasteiger charge is -2.42. The van der Waals surface area contributed by atoms with Gasteiger partial charge in [-0.05, 0) is 18.3 Å². The smallest absolute Gasteiger partial charge is 0.315 e. The molecule has 1 N–H and O–H groups in total. The van der Waals surface area contributed by atoms with Gasteiger partial charge >= 0.3 is 6.18 Å². The van der Waals surface area contributed by atoms with Gasteiger partial charge in [-0.15, -0.1) is 0 Å². The van der Waals surface area contributed by atoms with E-state index in [0.29, 0.717) is 6.54 Å². The maximum Gasteiger partial charge on any atom is 0.394 e. The lowest BCUT2D eigenvalue weighted by atomic mass is 9.70.